The van der Waals surface area contributed by atoms with E-state index >= 15 is 0 Å². The standard InChI is InChI=1S/C22H31ClN2O3.C12H14ClNO.C10H17NO3.C4H6O4.C2H3BO2.Na/c1-22(2,3)28-21(27)24-12-10-18(11-13-24)25-15-20(26)9-8-19(25)14-16-4-6-17(23)7-5-16;13-10-3-1-9(2-4-10)7-11-5-6-12(15)8-14-11;1-10(2,3)14-9(13)11-6-4-8(12)5-7-11;1-3(5)7-8-4(2)6;1-2(4)5-3;/h4-7,18-19H,8-15H2,1-3H3;1-4,11,14H,5-8H2;4-7H2,1-3H3;1-2H3;1H3;/q;;;;-1;+1. The van der Waals surface area contributed by atoms with E-state index in [4.69, 9.17) is 32.7 Å². The molecule has 6 rings (SSSR count). The summed E-state index contributed by atoms with van der Waals surface area (Å²) in [6.07, 6.45) is 7.24. The molecule has 2 atom stereocenters. The molecular formula is C50H71BCl2N4NaO13. The summed E-state index contributed by atoms with van der Waals surface area (Å²) >= 11 is 11.8. The van der Waals surface area contributed by atoms with Crippen LogP contribution in [0.2, 0.25) is 10.0 Å². The van der Waals surface area contributed by atoms with Crippen LogP contribution in [0.15, 0.2) is 48.5 Å². The van der Waals surface area contributed by atoms with E-state index in [9.17, 15) is 38.4 Å². The van der Waals surface area contributed by atoms with Gasteiger partial charge in [0.05, 0.1) is 13.1 Å². The Hall–Kier alpha value is -4.04. The number of halogens is 2. The van der Waals surface area contributed by atoms with Gasteiger partial charge in [0, 0.05) is 101 Å². The largest absolute Gasteiger partial charge is 1.00 e. The normalized spacial score (nSPS) is 18.3. The molecule has 17 nitrogen and oxygen atoms in total. The minimum Gasteiger partial charge on any atom is -0.793 e. The third-order valence-electron chi connectivity index (χ3n) is 10.7. The van der Waals surface area contributed by atoms with Crippen LogP contribution in [0.25, 0.3) is 0 Å². The topological polar surface area (TPSA) is 204 Å². The molecule has 4 aliphatic heterocycles. The third kappa shape index (κ3) is 29.3. The van der Waals surface area contributed by atoms with Crippen LogP contribution in [-0.4, -0.2) is 139 Å². The van der Waals surface area contributed by atoms with Crippen molar-refractivity contribution >= 4 is 78.7 Å². The SMILES string of the molecule is CC(=O)OOC(C)=O.CC(C)(C)OC(=O)N1CCC(=O)CC1.CC(C)(C)OC(=O)N1CCC(N2CC(=O)CCC2Cc2ccc(Cl)cc2)CC1.O=C1CCC(Cc2ccc(Cl)cc2)NC1.[B-]OC(C)=O.[Na+]. The Kier molecular flexibility index (Phi) is 30.1. The first kappa shape index (κ1) is 65.0. The van der Waals surface area contributed by atoms with Gasteiger partial charge in [-0.3, -0.25) is 24.1 Å². The van der Waals surface area contributed by atoms with Crippen LogP contribution < -0.4 is 34.9 Å². The summed E-state index contributed by atoms with van der Waals surface area (Å²) in [5.74, 6) is -0.875. The Balaban J connectivity index is 0.000000497. The molecule has 2 amide bonds. The second kappa shape index (κ2) is 32.9. The maximum atomic E-state index is 12.3. The van der Waals surface area contributed by atoms with E-state index in [-0.39, 0.29) is 47.5 Å². The van der Waals surface area contributed by atoms with E-state index in [2.05, 4.69) is 44.8 Å². The zero-order valence-corrected chi connectivity index (χ0v) is 46.7. The maximum absolute atomic E-state index is 12.3. The molecule has 71 heavy (non-hydrogen) atoms. The van der Waals surface area contributed by atoms with E-state index in [1.54, 1.807) is 9.80 Å². The molecule has 4 heterocycles. The molecule has 21 heteroatoms. The van der Waals surface area contributed by atoms with Crippen LogP contribution in [-0.2, 0) is 65.5 Å². The second-order valence-corrected chi connectivity index (χ2v) is 20.1. The van der Waals surface area contributed by atoms with Gasteiger partial charge in [-0.25, -0.2) is 29.0 Å². The molecule has 1 N–H and O–H groups in total. The van der Waals surface area contributed by atoms with Crippen molar-refractivity contribution in [2.75, 3.05) is 39.3 Å². The van der Waals surface area contributed by atoms with Gasteiger partial charge in [0.1, 0.15) is 28.6 Å². The van der Waals surface area contributed by atoms with Crippen molar-refractivity contribution in [3.63, 3.8) is 0 Å². The summed E-state index contributed by atoms with van der Waals surface area (Å²) in [4.78, 5) is 100. The molecule has 2 aromatic carbocycles. The fourth-order valence-corrected chi connectivity index (χ4v) is 7.65. The smallest absolute Gasteiger partial charge is 0.793 e. The Bertz CT molecular complexity index is 1990. The second-order valence-electron chi connectivity index (χ2n) is 19.2. The number of ether oxygens (including phenoxy) is 2. The van der Waals surface area contributed by atoms with Crippen molar-refractivity contribution in [3.8, 4) is 0 Å². The molecule has 0 aromatic heterocycles. The number of ketones is 3. The molecule has 0 aliphatic carbocycles. The molecule has 3 radical (unpaired) electrons. The van der Waals surface area contributed by atoms with Crippen molar-refractivity contribution < 1.29 is 91.8 Å². The van der Waals surface area contributed by atoms with Gasteiger partial charge >= 0.3 is 53.7 Å². The zero-order valence-electron chi connectivity index (χ0n) is 43.1. The molecule has 0 bridgehead atoms. The molecule has 2 unspecified atom stereocenters. The number of hydrogen-bond acceptors (Lipinski definition) is 15. The predicted molar refractivity (Wildman–Crippen MR) is 265 cm³/mol. The van der Waals surface area contributed by atoms with Crippen molar-refractivity contribution in [2.45, 2.75) is 156 Å². The van der Waals surface area contributed by atoms with E-state index in [0.29, 0.717) is 94.6 Å². The van der Waals surface area contributed by atoms with Gasteiger partial charge in [0.25, 0.3) is 0 Å². The van der Waals surface area contributed by atoms with Crippen molar-refractivity contribution in [1.29, 1.82) is 0 Å². The van der Waals surface area contributed by atoms with Crippen molar-refractivity contribution in [1.82, 2.24) is 20.0 Å². The third-order valence-corrected chi connectivity index (χ3v) is 11.2. The van der Waals surface area contributed by atoms with E-state index < -0.39 is 29.1 Å². The van der Waals surface area contributed by atoms with Crippen LogP contribution in [0.1, 0.15) is 125 Å². The molecule has 0 spiro atoms. The van der Waals surface area contributed by atoms with E-state index in [1.165, 1.54) is 18.1 Å². The Morgan fingerprint density at radius 1 is 0.606 bits per heavy atom. The maximum Gasteiger partial charge on any atom is 1.00 e. The van der Waals surface area contributed by atoms with Gasteiger partial charge in [0.2, 0.25) is 5.97 Å². The molecule has 2 aromatic rings. The van der Waals surface area contributed by atoms with E-state index in [0.717, 1.165) is 62.4 Å². The van der Waals surface area contributed by atoms with Gasteiger partial charge in [-0.1, -0.05) is 47.5 Å². The van der Waals surface area contributed by atoms with Gasteiger partial charge in [-0.05, 0) is 115 Å². The summed E-state index contributed by atoms with van der Waals surface area (Å²) in [6.45, 7) is 18.1. The number of piperidine rings is 4. The summed E-state index contributed by atoms with van der Waals surface area (Å²) in [7, 11) is 4.32. The van der Waals surface area contributed by atoms with Gasteiger partial charge in [-0.2, -0.15) is 0 Å². The fraction of sp³-hybridized carbons (Fsp3) is 0.600. The zero-order chi connectivity index (χ0) is 52.6. The van der Waals surface area contributed by atoms with Crippen molar-refractivity contribution in [2.24, 2.45) is 0 Å². The average Bonchev–Trinajstić information content (AvgIpc) is 3.28. The molecule has 4 fully saturated rings. The molecular weight excluding hydrogens is 969 g/mol. The molecule has 4 saturated heterocycles. The van der Waals surface area contributed by atoms with E-state index in [1.807, 2.05) is 77.9 Å². The number of carbonyl (C=O) groups is 8. The summed E-state index contributed by atoms with van der Waals surface area (Å²) < 4.78 is 14.3. The number of rotatable bonds is 5. The summed E-state index contributed by atoms with van der Waals surface area (Å²) in [6, 6.07) is 17.0. The number of nitrogens with one attached hydrogen (secondary N) is 1. The number of amides is 2. The molecule has 4 aliphatic rings. The quantitative estimate of drug-likeness (QED) is 0.244. The van der Waals surface area contributed by atoms with Crippen LogP contribution in [0.3, 0.4) is 0 Å². The first-order valence-electron chi connectivity index (χ1n) is 23.4. The predicted octanol–water partition coefficient (Wildman–Crippen LogP) is 4.77. The van der Waals surface area contributed by atoms with Crippen LogP contribution >= 0.6 is 23.2 Å². The summed E-state index contributed by atoms with van der Waals surface area (Å²) in [5, 5.41) is 4.76. The average molecular weight is 1040 g/mol. The van der Waals surface area contributed by atoms with Gasteiger partial charge in [-0.15, -0.1) is 0 Å². The number of Topliss-reactive ketones (excluding diaryl/α,β-unsaturated/α-hetero) is 3. The first-order chi connectivity index (χ1) is 32.7. The minimum absolute atomic E-state index is 0. The minimum atomic E-state index is -0.639. The molecule has 0 saturated carbocycles. The van der Waals surface area contributed by atoms with Crippen LogP contribution in [0.4, 0.5) is 9.59 Å². The Morgan fingerprint density at radius 3 is 1.42 bits per heavy atom. The number of hydrogen-bond donors (Lipinski definition) is 1. The Labute approximate surface area is 452 Å². The van der Waals surface area contributed by atoms with Crippen LogP contribution in [0, 0.1) is 0 Å². The number of likely N-dealkylation sites (tertiary alicyclic amines) is 3. The monoisotopic (exact) mass is 1040 g/mol. The van der Waals surface area contributed by atoms with Crippen molar-refractivity contribution in [3.05, 3.63) is 69.7 Å². The number of nitrogens with zero attached hydrogens (tertiary/aromatic N) is 3. The number of benzene rings is 2. The molecule has 387 valence electrons. The Morgan fingerprint density at radius 2 is 1.03 bits per heavy atom. The number of carbonyl (C=O) groups excluding carboxylic acids is 8. The van der Waals surface area contributed by atoms with Gasteiger partial charge in [0.15, 0.2) is 0 Å². The van der Waals surface area contributed by atoms with Gasteiger partial charge < -0.3 is 37.3 Å². The first-order valence-corrected chi connectivity index (χ1v) is 24.2. The van der Waals surface area contributed by atoms with Crippen LogP contribution in [0.5, 0.6) is 0 Å². The fourth-order valence-electron chi connectivity index (χ4n) is 7.40. The summed E-state index contributed by atoms with van der Waals surface area (Å²) in [5.41, 5.74) is 1.58.